The molecule has 0 unspecified atom stereocenters. The standard InChI is InChI=1S/C8H7IO3/c9-6-1-2-7-8(5(6)3-10)12-4-11-7/h1-2,10H,3-4H2. The second-order valence-corrected chi connectivity index (χ2v) is 3.58. The van der Waals surface area contributed by atoms with Crippen LogP contribution in [0.5, 0.6) is 11.5 Å². The van der Waals surface area contributed by atoms with E-state index in [1.807, 2.05) is 12.1 Å². The summed E-state index contributed by atoms with van der Waals surface area (Å²) in [5, 5.41) is 9.04. The number of halogens is 1. The fourth-order valence-corrected chi connectivity index (χ4v) is 1.75. The largest absolute Gasteiger partial charge is 0.454 e. The molecule has 1 aliphatic rings. The normalized spacial score (nSPS) is 13.5. The number of fused-ring (bicyclic) bond motifs is 1. The lowest BCUT2D eigenvalue weighted by Crippen LogP contribution is -1.95. The highest BCUT2D eigenvalue weighted by Gasteiger charge is 2.18. The third-order valence-corrected chi connectivity index (χ3v) is 2.75. The Bertz CT molecular complexity index is 311. The Morgan fingerprint density at radius 1 is 1.42 bits per heavy atom. The summed E-state index contributed by atoms with van der Waals surface area (Å²) in [7, 11) is 0. The molecule has 1 N–H and O–H groups in total. The second-order valence-electron chi connectivity index (χ2n) is 2.42. The van der Waals surface area contributed by atoms with E-state index in [-0.39, 0.29) is 13.4 Å². The van der Waals surface area contributed by atoms with Gasteiger partial charge in [0.25, 0.3) is 0 Å². The van der Waals surface area contributed by atoms with E-state index in [1.54, 1.807) is 0 Å². The predicted octanol–water partition coefficient (Wildman–Crippen LogP) is 1.51. The molecule has 0 amide bonds. The highest BCUT2D eigenvalue weighted by Crippen LogP contribution is 2.37. The summed E-state index contributed by atoms with van der Waals surface area (Å²) in [5.41, 5.74) is 0.811. The zero-order valence-electron chi connectivity index (χ0n) is 6.21. The van der Waals surface area contributed by atoms with Gasteiger partial charge in [0.1, 0.15) is 0 Å². The first-order chi connectivity index (χ1) is 5.83. The van der Waals surface area contributed by atoms with Gasteiger partial charge in [-0.05, 0) is 34.7 Å². The molecule has 3 nitrogen and oxygen atoms in total. The van der Waals surface area contributed by atoms with Crippen molar-refractivity contribution in [3.05, 3.63) is 21.3 Å². The summed E-state index contributed by atoms with van der Waals surface area (Å²) in [6, 6.07) is 3.75. The van der Waals surface area contributed by atoms with Crippen LogP contribution in [0.2, 0.25) is 0 Å². The van der Waals surface area contributed by atoms with E-state index in [0.717, 1.165) is 14.9 Å². The lowest BCUT2D eigenvalue weighted by Gasteiger charge is -2.04. The molecule has 1 aliphatic heterocycles. The minimum Gasteiger partial charge on any atom is -0.454 e. The maximum absolute atomic E-state index is 9.04. The lowest BCUT2D eigenvalue weighted by atomic mass is 10.2. The molecule has 0 aliphatic carbocycles. The van der Waals surface area contributed by atoms with Crippen molar-refractivity contribution >= 4 is 22.6 Å². The number of hydrogen-bond acceptors (Lipinski definition) is 3. The van der Waals surface area contributed by atoms with E-state index in [1.165, 1.54) is 0 Å². The van der Waals surface area contributed by atoms with Crippen molar-refractivity contribution in [1.29, 1.82) is 0 Å². The Hall–Kier alpha value is -0.490. The van der Waals surface area contributed by atoms with E-state index in [0.29, 0.717) is 5.75 Å². The van der Waals surface area contributed by atoms with Gasteiger partial charge in [-0.25, -0.2) is 0 Å². The maximum atomic E-state index is 9.04. The van der Waals surface area contributed by atoms with Gasteiger partial charge >= 0.3 is 0 Å². The molecular formula is C8H7IO3. The van der Waals surface area contributed by atoms with Gasteiger partial charge in [-0.1, -0.05) is 0 Å². The first-order valence-corrected chi connectivity index (χ1v) is 4.58. The molecule has 0 fully saturated rings. The van der Waals surface area contributed by atoms with Gasteiger partial charge in [0.2, 0.25) is 6.79 Å². The molecule has 2 rings (SSSR count). The monoisotopic (exact) mass is 278 g/mol. The van der Waals surface area contributed by atoms with Gasteiger partial charge < -0.3 is 14.6 Å². The molecule has 1 heterocycles. The Labute approximate surface area is 83.4 Å². The van der Waals surface area contributed by atoms with Crippen LogP contribution in [-0.2, 0) is 6.61 Å². The molecule has 0 saturated heterocycles. The molecule has 0 aromatic heterocycles. The molecule has 0 bridgehead atoms. The fourth-order valence-electron chi connectivity index (χ4n) is 1.15. The number of aliphatic hydroxyl groups excluding tert-OH is 1. The third-order valence-electron chi connectivity index (χ3n) is 1.74. The van der Waals surface area contributed by atoms with Crippen molar-refractivity contribution in [3.63, 3.8) is 0 Å². The summed E-state index contributed by atoms with van der Waals surface area (Å²) in [6.07, 6.45) is 0. The van der Waals surface area contributed by atoms with Crippen LogP contribution in [0.1, 0.15) is 5.56 Å². The van der Waals surface area contributed by atoms with Crippen molar-refractivity contribution in [1.82, 2.24) is 0 Å². The number of hydrogen-bond donors (Lipinski definition) is 1. The zero-order chi connectivity index (χ0) is 8.55. The molecule has 64 valence electrons. The van der Waals surface area contributed by atoms with E-state index in [2.05, 4.69) is 22.6 Å². The van der Waals surface area contributed by atoms with E-state index in [9.17, 15) is 0 Å². The highest BCUT2D eigenvalue weighted by atomic mass is 127. The minimum atomic E-state index is -0.00912. The van der Waals surface area contributed by atoms with Crippen molar-refractivity contribution in [2.75, 3.05) is 6.79 Å². The van der Waals surface area contributed by atoms with Gasteiger partial charge in [-0.3, -0.25) is 0 Å². The molecule has 0 saturated carbocycles. The Balaban J connectivity index is 2.57. The maximum Gasteiger partial charge on any atom is 0.231 e. The summed E-state index contributed by atoms with van der Waals surface area (Å²) < 4.78 is 11.4. The quantitative estimate of drug-likeness (QED) is 0.791. The SMILES string of the molecule is OCc1c(I)ccc2c1OCO2. The Morgan fingerprint density at radius 2 is 2.25 bits per heavy atom. The van der Waals surface area contributed by atoms with Crippen LogP contribution in [0.3, 0.4) is 0 Å². The number of rotatable bonds is 1. The second kappa shape index (κ2) is 3.10. The summed E-state index contributed by atoms with van der Waals surface area (Å²) in [6.45, 7) is 0.243. The van der Waals surface area contributed by atoms with Gasteiger partial charge in [0, 0.05) is 9.13 Å². The van der Waals surface area contributed by atoms with Gasteiger partial charge in [0.15, 0.2) is 11.5 Å². The third kappa shape index (κ3) is 1.15. The van der Waals surface area contributed by atoms with Crippen LogP contribution in [0.25, 0.3) is 0 Å². The fraction of sp³-hybridized carbons (Fsp3) is 0.250. The zero-order valence-corrected chi connectivity index (χ0v) is 8.37. The van der Waals surface area contributed by atoms with Crippen LogP contribution < -0.4 is 9.47 Å². The molecule has 1 aromatic rings. The van der Waals surface area contributed by atoms with E-state index >= 15 is 0 Å². The van der Waals surface area contributed by atoms with Crippen molar-refractivity contribution in [2.24, 2.45) is 0 Å². The molecule has 12 heavy (non-hydrogen) atoms. The van der Waals surface area contributed by atoms with Gasteiger partial charge in [-0.15, -0.1) is 0 Å². The minimum absolute atomic E-state index is 0.00912. The van der Waals surface area contributed by atoms with Gasteiger partial charge in [0.05, 0.1) is 6.61 Å². The lowest BCUT2D eigenvalue weighted by molar-refractivity contribution is 0.171. The van der Waals surface area contributed by atoms with Crippen molar-refractivity contribution in [3.8, 4) is 11.5 Å². The average molecular weight is 278 g/mol. The molecule has 0 radical (unpaired) electrons. The number of benzene rings is 1. The van der Waals surface area contributed by atoms with Crippen LogP contribution in [0, 0.1) is 3.57 Å². The first-order valence-electron chi connectivity index (χ1n) is 3.51. The molecule has 0 spiro atoms. The number of aliphatic hydroxyl groups is 1. The molecule has 1 aromatic carbocycles. The summed E-state index contributed by atoms with van der Waals surface area (Å²) in [5.74, 6) is 1.41. The number of ether oxygens (including phenoxy) is 2. The van der Waals surface area contributed by atoms with Crippen LogP contribution in [-0.4, -0.2) is 11.9 Å². The van der Waals surface area contributed by atoms with Crippen LogP contribution >= 0.6 is 22.6 Å². The van der Waals surface area contributed by atoms with Crippen LogP contribution in [0.15, 0.2) is 12.1 Å². The Kier molecular flexibility index (Phi) is 2.10. The van der Waals surface area contributed by atoms with E-state index in [4.69, 9.17) is 14.6 Å². The molecule has 4 heteroatoms. The van der Waals surface area contributed by atoms with Crippen molar-refractivity contribution < 1.29 is 14.6 Å². The summed E-state index contributed by atoms with van der Waals surface area (Å²) in [4.78, 5) is 0. The summed E-state index contributed by atoms with van der Waals surface area (Å²) >= 11 is 2.16. The Morgan fingerprint density at radius 3 is 3.00 bits per heavy atom. The van der Waals surface area contributed by atoms with Crippen LogP contribution in [0.4, 0.5) is 0 Å². The first kappa shape index (κ1) is 8.12. The predicted molar refractivity (Wildman–Crippen MR) is 51.2 cm³/mol. The smallest absolute Gasteiger partial charge is 0.231 e. The highest BCUT2D eigenvalue weighted by molar-refractivity contribution is 14.1. The van der Waals surface area contributed by atoms with E-state index < -0.39 is 0 Å². The van der Waals surface area contributed by atoms with Gasteiger partial charge in [-0.2, -0.15) is 0 Å². The molecular weight excluding hydrogens is 271 g/mol. The topological polar surface area (TPSA) is 38.7 Å². The molecule has 0 atom stereocenters. The van der Waals surface area contributed by atoms with Crippen molar-refractivity contribution in [2.45, 2.75) is 6.61 Å². The average Bonchev–Trinajstić information content (AvgIpc) is 2.52.